The largest absolute Gasteiger partial charge is 0.462 e. The van der Waals surface area contributed by atoms with Gasteiger partial charge in [-0.3, -0.25) is 9.59 Å². The minimum atomic E-state index is -1.26. The van der Waals surface area contributed by atoms with E-state index in [1.807, 2.05) is 30.3 Å². The Morgan fingerprint density at radius 2 is 1.92 bits per heavy atom. The molecule has 3 rings (SSSR count). The first-order valence-electron chi connectivity index (χ1n) is 7.57. The number of benzene rings is 2. The molecule has 0 saturated heterocycles. The first-order valence-corrected chi connectivity index (χ1v) is 7.57. The van der Waals surface area contributed by atoms with E-state index in [0.29, 0.717) is 11.3 Å². The molecule has 2 aromatic carbocycles. The molecule has 0 saturated carbocycles. The molecule has 1 heterocycles. The van der Waals surface area contributed by atoms with Crippen LogP contribution >= 0.6 is 0 Å². The van der Waals surface area contributed by atoms with E-state index in [0.717, 1.165) is 5.56 Å². The number of ether oxygens (including phenoxy) is 1. The minimum absolute atomic E-state index is 0.182. The SMILES string of the molecule is CC(=O)N1Cc2ccc(C(N)=O)cc2O[C@H](O)[C@@H]1c1ccccc1. The summed E-state index contributed by atoms with van der Waals surface area (Å²) in [5.41, 5.74) is 7.05. The Hall–Kier alpha value is -2.86. The van der Waals surface area contributed by atoms with Crippen LogP contribution in [-0.2, 0) is 11.3 Å². The van der Waals surface area contributed by atoms with Gasteiger partial charge >= 0.3 is 0 Å². The summed E-state index contributed by atoms with van der Waals surface area (Å²) in [5.74, 6) is -0.412. The second-order valence-corrected chi connectivity index (χ2v) is 5.70. The van der Waals surface area contributed by atoms with E-state index in [1.54, 1.807) is 17.0 Å². The fraction of sp³-hybridized carbons (Fsp3) is 0.222. The molecule has 124 valence electrons. The van der Waals surface area contributed by atoms with Crippen LogP contribution in [0.3, 0.4) is 0 Å². The van der Waals surface area contributed by atoms with E-state index in [4.69, 9.17) is 10.5 Å². The summed E-state index contributed by atoms with van der Waals surface area (Å²) in [6.45, 7) is 1.71. The molecular formula is C18H18N2O4. The average Bonchev–Trinajstić information content (AvgIpc) is 2.70. The summed E-state index contributed by atoms with van der Waals surface area (Å²) in [5, 5.41) is 10.6. The summed E-state index contributed by atoms with van der Waals surface area (Å²) in [6.07, 6.45) is -1.26. The number of primary amides is 1. The standard InChI is InChI=1S/C18H18N2O4/c1-11(21)20-10-14-8-7-13(17(19)22)9-15(14)24-18(23)16(20)12-5-3-2-4-6-12/h2-9,16,18,23H,10H2,1H3,(H2,19,22)/t16-,18-/m0/s1. The van der Waals surface area contributed by atoms with Gasteiger partial charge in [0.2, 0.25) is 18.1 Å². The van der Waals surface area contributed by atoms with Crippen molar-refractivity contribution < 1.29 is 19.4 Å². The van der Waals surface area contributed by atoms with Crippen LogP contribution in [0.15, 0.2) is 48.5 Å². The third-order valence-corrected chi connectivity index (χ3v) is 4.09. The van der Waals surface area contributed by atoms with Gasteiger partial charge in [-0.2, -0.15) is 0 Å². The second-order valence-electron chi connectivity index (χ2n) is 5.70. The van der Waals surface area contributed by atoms with Gasteiger partial charge in [0.1, 0.15) is 11.8 Å². The number of carbonyl (C=O) groups excluding carboxylic acids is 2. The van der Waals surface area contributed by atoms with E-state index >= 15 is 0 Å². The molecule has 0 unspecified atom stereocenters. The zero-order valence-electron chi connectivity index (χ0n) is 13.2. The number of amides is 2. The van der Waals surface area contributed by atoms with Gasteiger partial charge in [0.25, 0.3) is 0 Å². The highest BCUT2D eigenvalue weighted by atomic mass is 16.6. The van der Waals surface area contributed by atoms with Crippen LogP contribution in [0.5, 0.6) is 5.75 Å². The van der Waals surface area contributed by atoms with Crippen molar-refractivity contribution in [1.82, 2.24) is 4.90 Å². The molecule has 6 heteroatoms. The Bertz CT molecular complexity index is 776. The third kappa shape index (κ3) is 2.96. The molecule has 2 atom stereocenters. The van der Waals surface area contributed by atoms with Gasteiger partial charge in [0.15, 0.2) is 0 Å². The van der Waals surface area contributed by atoms with Crippen molar-refractivity contribution in [3.63, 3.8) is 0 Å². The van der Waals surface area contributed by atoms with Crippen LogP contribution in [0.4, 0.5) is 0 Å². The van der Waals surface area contributed by atoms with Crippen LogP contribution < -0.4 is 10.5 Å². The first-order chi connectivity index (χ1) is 11.5. The molecule has 0 fully saturated rings. The molecule has 0 aliphatic carbocycles. The number of aliphatic hydroxyl groups is 1. The molecule has 1 aliphatic heterocycles. The number of aliphatic hydroxyl groups excluding tert-OH is 1. The highest BCUT2D eigenvalue weighted by Gasteiger charge is 2.35. The quantitative estimate of drug-likeness (QED) is 0.876. The summed E-state index contributed by atoms with van der Waals surface area (Å²) in [4.78, 5) is 25.1. The summed E-state index contributed by atoms with van der Waals surface area (Å²) in [6, 6.07) is 13.3. The maximum Gasteiger partial charge on any atom is 0.248 e. The molecule has 6 nitrogen and oxygen atoms in total. The number of hydrogen-bond acceptors (Lipinski definition) is 4. The van der Waals surface area contributed by atoms with Gasteiger partial charge in [-0.15, -0.1) is 0 Å². The van der Waals surface area contributed by atoms with E-state index in [2.05, 4.69) is 0 Å². The van der Waals surface area contributed by atoms with E-state index < -0.39 is 18.2 Å². The number of rotatable bonds is 2. The van der Waals surface area contributed by atoms with Crippen molar-refractivity contribution >= 4 is 11.8 Å². The number of nitrogens with zero attached hydrogens (tertiary/aromatic N) is 1. The van der Waals surface area contributed by atoms with Gasteiger partial charge < -0.3 is 20.5 Å². The van der Waals surface area contributed by atoms with Crippen LogP contribution in [0.2, 0.25) is 0 Å². The second kappa shape index (κ2) is 6.33. The Labute approximate surface area is 139 Å². The van der Waals surface area contributed by atoms with Gasteiger partial charge in [-0.25, -0.2) is 0 Å². The Balaban J connectivity index is 2.05. The molecule has 3 N–H and O–H groups in total. The topological polar surface area (TPSA) is 92.9 Å². The smallest absolute Gasteiger partial charge is 0.248 e. The maximum atomic E-state index is 12.2. The van der Waals surface area contributed by atoms with Gasteiger partial charge in [0.05, 0.1) is 6.54 Å². The van der Waals surface area contributed by atoms with Crippen molar-refractivity contribution in [2.24, 2.45) is 5.73 Å². The Kier molecular flexibility index (Phi) is 4.22. The Morgan fingerprint density at radius 1 is 1.21 bits per heavy atom. The molecule has 0 aromatic heterocycles. The number of nitrogens with two attached hydrogens (primary N) is 1. The monoisotopic (exact) mass is 326 g/mol. The summed E-state index contributed by atoms with van der Waals surface area (Å²) in [7, 11) is 0. The lowest BCUT2D eigenvalue weighted by molar-refractivity contribution is -0.141. The van der Waals surface area contributed by atoms with Crippen molar-refractivity contribution in [3.05, 3.63) is 65.2 Å². The first kappa shape index (κ1) is 16.0. The lowest BCUT2D eigenvalue weighted by Crippen LogP contribution is -2.39. The molecule has 0 radical (unpaired) electrons. The summed E-state index contributed by atoms with van der Waals surface area (Å²) >= 11 is 0. The van der Waals surface area contributed by atoms with E-state index in [9.17, 15) is 14.7 Å². The van der Waals surface area contributed by atoms with Crippen LogP contribution in [0.1, 0.15) is 34.5 Å². The number of fused-ring (bicyclic) bond motifs is 1. The molecular weight excluding hydrogens is 308 g/mol. The predicted molar refractivity (Wildman–Crippen MR) is 87.0 cm³/mol. The fourth-order valence-corrected chi connectivity index (χ4v) is 2.88. The minimum Gasteiger partial charge on any atom is -0.462 e. The van der Waals surface area contributed by atoms with Crippen molar-refractivity contribution in [3.8, 4) is 5.75 Å². The lowest BCUT2D eigenvalue weighted by atomic mass is 10.0. The van der Waals surface area contributed by atoms with Crippen LogP contribution in [-0.4, -0.2) is 28.1 Å². The van der Waals surface area contributed by atoms with Crippen LogP contribution in [0.25, 0.3) is 0 Å². The normalized spacial score (nSPS) is 19.8. The average molecular weight is 326 g/mol. The number of carbonyl (C=O) groups is 2. The highest BCUT2D eigenvalue weighted by Crippen LogP contribution is 2.35. The Morgan fingerprint density at radius 3 is 2.54 bits per heavy atom. The number of hydrogen-bond donors (Lipinski definition) is 2. The molecule has 2 aromatic rings. The zero-order valence-corrected chi connectivity index (χ0v) is 13.2. The predicted octanol–water partition coefficient (Wildman–Crippen LogP) is 1.59. The van der Waals surface area contributed by atoms with Gasteiger partial charge in [-0.1, -0.05) is 36.4 Å². The molecule has 0 spiro atoms. The summed E-state index contributed by atoms with van der Waals surface area (Å²) < 4.78 is 5.65. The third-order valence-electron chi connectivity index (χ3n) is 4.09. The van der Waals surface area contributed by atoms with Gasteiger partial charge in [0, 0.05) is 18.1 Å². The van der Waals surface area contributed by atoms with Crippen molar-refractivity contribution in [1.29, 1.82) is 0 Å². The molecule has 24 heavy (non-hydrogen) atoms. The lowest BCUT2D eigenvalue weighted by Gasteiger charge is -2.31. The zero-order chi connectivity index (χ0) is 17.3. The van der Waals surface area contributed by atoms with Gasteiger partial charge in [-0.05, 0) is 17.7 Å². The fourth-order valence-electron chi connectivity index (χ4n) is 2.88. The van der Waals surface area contributed by atoms with Crippen molar-refractivity contribution in [2.75, 3.05) is 0 Å². The molecule has 0 bridgehead atoms. The maximum absolute atomic E-state index is 12.2. The van der Waals surface area contributed by atoms with E-state index in [-0.39, 0.29) is 18.0 Å². The highest BCUT2D eigenvalue weighted by molar-refractivity contribution is 5.93. The molecule has 2 amide bonds. The molecule has 1 aliphatic rings. The van der Waals surface area contributed by atoms with E-state index in [1.165, 1.54) is 13.0 Å². The van der Waals surface area contributed by atoms with Crippen molar-refractivity contribution in [2.45, 2.75) is 25.8 Å². The van der Waals surface area contributed by atoms with Crippen LogP contribution in [0, 0.1) is 0 Å².